The SMILES string of the molecule is C=CC(O)c1ccc(C)cc1.C=CC(Oc1c(C=O)cc(C2CCC(CC)CC2)c(F)c1F)c1ccc(C)cc1.CCC1CCC(c2cc(C=O)c(O)c(F)c2F)CC1. The Hall–Kier alpha value is -5.02. The van der Waals surface area contributed by atoms with E-state index >= 15 is 0 Å². The van der Waals surface area contributed by atoms with Crippen LogP contribution in [0.1, 0.15) is 156 Å². The first-order chi connectivity index (χ1) is 28.3. The lowest BCUT2D eigenvalue weighted by Crippen LogP contribution is -2.16. The molecule has 4 aromatic rings. The summed E-state index contributed by atoms with van der Waals surface area (Å²) in [6.07, 6.45) is 12.2. The third-order valence-corrected chi connectivity index (χ3v) is 11.9. The number of aliphatic hydroxyl groups excluding tert-OH is 1. The van der Waals surface area contributed by atoms with Crippen LogP contribution in [0.4, 0.5) is 17.6 Å². The van der Waals surface area contributed by atoms with Crippen LogP contribution in [0.25, 0.3) is 0 Å². The van der Waals surface area contributed by atoms with E-state index in [1.54, 1.807) is 0 Å². The average Bonchev–Trinajstić information content (AvgIpc) is 3.27. The number of carbonyl (C=O) groups is 2. The molecular weight excluding hydrogens is 757 g/mol. The zero-order chi connectivity index (χ0) is 43.2. The number of aromatic hydroxyl groups is 1. The molecule has 0 saturated heterocycles. The number of rotatable bonds is 12. The van der Waals surface area contributed by atoms with E-state index in [2.05, 4.69) is 27.0 Å². The van der Waals surface area contributed by atoms with E-state index in [4.69, 9.17) is 4.74 Å². The number of hydrogen-bond donors (Lipinski definition) is 2. The second-order valence-electron chi connectivity index (χ2n) is 15.8. The number of aryl methyl sites for hydroxylation is 2. The number of aldehydes is 2. The molecule has 0 heterocycles. The van der Waals surface area contributed by atoms with Crippen molar-refractivity contribution in [3.05, 3.63) is 154 Å². The monoisotopic (exact) mass is 814 g/mol. The van der Waals surface area contributed by atoms with Gasteiger partial charge in [-0.2, -0.15) is 8.78 Å². The Morgan fingerprint density at radius 3 is 1.47 bits per heavy atom. The van der Waals surface area contributed by atoms with Crippen LogP contribution in [0.3, 0.4) is 0 Å². The summed E-state index contributed by atoms with van der Waals surface area (Å²) in [5, 5.41) is 18.6. The Morgan fingerprint density at radius 1 is 0.644 bits per heavy atom. The van der Waals surface area contributed by atoms with Gasteiger partial charge < -0.3 is 14.9 Å². The lowest BCUT2D eigenvalue weighted by Gasteiger charge is -2.29. The summed E-state index contributed by atoms with van der Waals surface area (Å²) in [7, 11) is 0. The molecule has 0 aliphatic heterocycles. The van der Waals surface area contributed by atoms with Crippen LogP contribution in [0.15, 0.2) is 86.0 Å². The maximum Gasteiger partial charge on any atom is 0.201 e. The van der Waals surface area contributed by atoms with Gasteiger partial charge >= 0.3 is 0 Å². The third kappa shape index (κ3) is 12.0. The summed E-state index contributed by atoms with van der Waals surface area (Å²) < 4.78 is 63.1. The van der Waals surface area contributed by atoms with E-state index < -0.39 is 41.2 Å². The number of halogens is 4. The minimum atomic E-state index is -1.31. The molecule has 0 spiro atoms. The van der Waals surface area contributed by atoms with Crippen LogP contribution >= 0.6 is 0 Å². The summed E-state index contributed by atoms with van der Waals surface area (Å²) in [5.74, 6) is -4.38. The first-order valence-corrected chi connectivity index (χ1v) is 20.7. The van der Waals surface area contributed by atoms with E-state index in [0.29, 0.717) is 24.4 Å². The molecule has 2 atom stereocenters. The van der Waals surface area contributed by atoms with Crippen molar-refractivity contribution in [3.8, 4) is 11.5 Å². The molecule has 2 unspecified atom stereocenters. The number of benzene rings is 4. The van der Waals surface area contributed by atoms with Crippen molar-refractivity contribution in [1.29, 1.82) is 0 Å². The van der Waals surface area contributed by atoms with Gasteiger partial charge in [0.1, 0.15) is 6.10 Å². The van der Waals surface area contributed by atoms with E-state index in [-0.39, 0.29) is 39.8 Å². The summed E-state index contributed by atoms with van der Waals surface area (Å²) in [6, 6.07) is 18.0. The normalized spacial score (nSPS) is 19.7. The quantitative estimate of drug-likeness (QED) is 0.0845. The van der Waals surface area contributed by atoms with Gasteiger partial charge in [0.2, 0.25) is 11.6 Å². The van der Waals surface area contributed by atoms with Crippen LogP contribution < -0.4 is 4.74 Å². The first-order valence-electron chi connectivity index (χ1n) is 20.7. The molecule has 4 aromatic carbocycles. The van der Waals surface area contributed by atoms with Gasteiger partial charge in [-0.1, -0.05) is 99.0 Å². The maximum atomic E-state index is 15.0. The second kappa shape index (κ2) is 22.4. The first kappa shape index (κ1) is 46.7. The molecule has 2 N–H and O–H groups in total. The van der Waals surface area contributed by atoms with Crippen molar-refractivity contribution in [2.45, 2.75) is 116 Å². The standard InChI is InChI=1S/C25H28F2O2.C15H18F2O2.C10H12O/c1-4-17-8-12-18(13-9-17)21-14-20(15-28)25(24(27)23(21)26)29-22(5-2)19-10-6-16(3)7-11-19;1-2-9-3-5-10(6-4-9)12-7-11(8-18)15(19)14(17)13(12)16;1-3-10(11)9-6-4-8(2)5-7-9/h5-7,10-11,14-15,17-18,22H,2,4,8-9,12-13H2,1,3H3;7-10,19H,2-6H2,1H3;3-7,10-11H,1H2,2H3. The lowest BCUT2D eigenvalue weighted by atomic mass is 9.77. The number of phenols is 1. The minimum Gasteiger partial charge on any atom is -0.504 e. The number of phenolic OH excluding ortho intramolecular Hbond substituents is 1. The van der Waals surface area contributed by atoms with Gasteiger partial charge in [-0.05, 0) is 129 Å². The highest BCUT2D eigenvalue weighted by molar-refractivity contribution is 5.80. The van der Waals surface area contributed by atoms with Crippen molar-refractivity contribution in [2.24, 2.45) is 11.8 Å². The van der Waals surface area contributed by atoms with Gasteiger partial charge in [0, 0.05) is 0 Å². The van der Waals surface area contributed by atoms with Crippen molar-refractivity contribution in [3.63, 3.8) is 0 Å². The number of hydrogen-bond acceptors (Lipinski definition) is 5. The molecule has 2 saturated carbocycles. The Labute approximate surface area is 346 Å². The summed E-state index contributed by atoms with van der Waals surface area (Å²) in [6.45, 7) is 15.5. The van der Waals surface area contributed by atoms with Crippen molar-refractivity contribution in [2.75, 3.05) is 0 Å². The Balaban J connectivity index is 0.000000219. The van der Waals surface area contributed by atoms with E-state index in [9.17, 15) is 37.4 Å². The number of ether oxygens (including phenoxy) is 1. The Bertz CT molecular complexity index is 2010. The van der Waals surface area contributed by atoms with Gasteiger partial charge in [0.25, 0.3) is 0 Å². The predicted octanol–water partition coefficient (Wildman–Crippen LogP) is 13.5. The third-order valence-electron chi connectivity index (χ3n) is 11.9. The van der Waals surface area contributed by atoms with Crippen molar-refractivity contribution in [1.82, 2.24) is 0 Å². The zero-order valence-electron chi connectivity index (χ0n) is 34.7. The maximum absolute atomic E-state index is 15.0. The molecule has 0 amide bonds. The molecule has 9 heteroatoms. The summed E-state index contributed by atoms with van der Waals surface area (Å²) >= 11 is 0. The molecule has 6 rings (SSSR count). The summed E-state index contributed by atoms with van der Waals surface area (Å²) in [5.41, 5.74) is 4.30. The molecule has 0 radical (unpaired) electrons. The van der Waals surface area contributed by atoms with Gasteiger partial charge in [-0.25, -0.2) is 8.78 Å². The highest BCUT2D eigenvalue weighted by atomic mass is 19.2. The van der Waals surface area contributed by atoms with Crippen LogP contribution in [-0.4, -0.2) is 22.8 Å². The number of aliphatic hydroxyl groups is 1. The van der Waals surface area contributed by atoms with Crippen LogP contribution in [-0.2, 0) is 0 Å². The Morgan fingerprint density at radius 2 is 1.07 bits per heavy atom. The molecule has 2 aliphatic rings. The van der Waals surface area contributed by atoms with Gasteiger partial charge in [0.15, 0.2) is 35.7 Å². The fourth-order valence-electron chi connectivity index (χ4n) is 8.00. The van der Waals surface area contributed by atoms with E-state index in [0.717, 1.165) is 80.9 Å². The molecule has 2 aliphatic carbocycles. The average molecular weight is 815 g/mol. The van der Waals surface area contributed by atoms with Gasteiger partial charge in [-0.3, -0.25) is 9.59 Å². The lowest BCUT2D eigenvalue weighted by molar-refractivity contribution is 0.111. The summed E-state index contributed by atoms with van der Waals surface area (Å²) in [4.78, 5) is 22.5. The predicted molar refractivity (Wildman–Crippen MR) is 226 cm³/mol. The van der Waals surface area contributed by atoms with Gasteiger partial charge in [-0.15, -0.1) is 6.58 Å². The topological polar surface area (TPSA) is 83.8 Å². The second-order valence-corrected chi connectivity index (χ2v) is 15.8. The minimum absolute atomic E-state index is 0.0375. The van der Waals surface area contributed by atoms with Crippen LogP contribution in [0.2, 0.25) is 0 Å². The molecular formula is C50H58F4O5. The van der Waals surface area contributed by atoms with E-state index in [1.807, 2.05) is 62.4 Å². The highest BCUT2D eigenvalue weighted by Gasteiger charge is 2.30. The number of carbonyl (C=O) groups excluding carboxylic acids is 2. The molecule has 5 nitrogen and oxygen atoms in total. The van der Waals surface area contributed by atoms with Crippen molar-refractivity contribution >= 4 is 12.6 Å². The molecule has 0 aromatic heterocycles. The zero-order valence-corrected chi connectivity index (χ0v) is 34.7. The van der Waals surface area contributed by atoms with E-state index in [1.165, 1.54) is 29.8 Å². The van der Waals surface area contributed by atoms with Gasteiger partial charge in [0.05, 0.1) is 17.2 Å². The molecule has 59 heavy (non-hydrogen) atoms. The van der Waals surface area contributed by atoms with Crippen molar-refractivity contribution < 1.29 is 42.1 Å². The Kier molecular flexibility index (Phi) is 17.7. The molecule has 316 valence electrons. The van der Waals surface area contributed by atoms with Crippen LogP contribution in [0.5, 0.6) is 11.5 Å². The highest BCUT2D eigenvalue weighted by Crippen LogP contribution is 2.42. The van der Waals surface area contributed by atoms with Crippen LogP contribution in [0, 0.1) is 49.0 Å². The fraction of sp³-hybridized carbons (Fsp3) is 0.400. The molecule has 0 bridgehead atoms. The fourth-order valence-corrected chi connectivity index (χ4v) is 8.00. The smallest absolute Gasteiger partial charge is 0.201 e. The molecule has 2 fully saturated rings. The largest absolute Gasteiger partial charge is 0.504 e.